The van der Waals surface area contributed by atoms with Gasteiger partial charge in [0, 0.05) is 21.4 Å². The van der Waals surface area contributed by atoms with E-state index in [1.807, 2.05) is 31.2 Å². The van der Waals surface area contributed by atoms with Gasteiger partial charge in [0.2, 0.25) is 5.91 Å². The number of carbonyl (C=O) groups excluding carboxylic acids is 2. The molecule has 0 bridgehead atoms. The van der Waals surface area contributed by atoms with E-state index in [1.165, 1.54) is 16.7 Å². The summed E-state index contributed by atoms with van der Waals surface area (Å²) in [5.41, 5.74) is 2.77. The number of anilines is 2. The van der Waals surface area contributed by atoms with Gasteiger partial charge in [0.1, 0.15) is 16.7 Å². The van der Waals surface area contributed by atoms with E-state index in [2.05, 4.69) is 5.32 Å². The number of nitrogens with zero attached hydrogens (tertiary/aromatic N) is 2. The first-order valence-electron chi connectivity index (χ1n) is 10.4. The van der Waals surface area contributed by atoms with Crippen molar-refractivity contribution in [2.45, 2.75) is 18.6 Å². The maximum Gasteiger partial charge on any atom is 0.269 e. The summed E-state index contributed by atoms with van der Waals surface area (Å²) in [6, 6.07) is 23.3. The minimum absolute atomic E-state index is 0.137. The number of hydrogen-bond donors (Lipinski definition) is 1. The van der Waals surface area contributed by atoms with Crippen molar-refractivity contribution in [1.82, 2.24) is 0 Å². The van der Waals surface area contributed by atoms with Gasteiger partial charge in [0.15, 0.2) is 0 Å². The second kappa shape index (κ2) is 10.4. The summed E-state index contributed by atoms with van der Waals surface area (Å²) in [6.45, 7) is 1.94. The Bertz CT molecular complexity index is 1320. The van der Waals surface area contributed by atoms with Crippen molar-refractivity contribution in [3.8, 4) is 6.07 Å². The normalized spacial score (nSPS) is 16.8. The predicted octanol–water partition coefficient (Wildman–Crippen LogP) is 6.37. The van der Waals surface area contributed by atoms with Gasteiger partial charge in [-0.25, -0.2) is 0 Å². The lowest BCUT2D eigenvalue weighted by molar-refractivity contribution is -0.117. The summed E-state index contributed by atoms with van der Waals surface area (Å²) in [5, 5.41) is 13.4. The van der Waals surface area contributed by atoms with E-state index in [1.54, 1.807) is 54.6 Å². The molecule has 2 amide bonds. The van der Waals surface area contributed by atoms with Gasteiger partial charge in [-0.2, -0.15) is 5.26 Å². The van der Waals surface area contributed by atoms with Crippen molar-refractivity contribution in [3.63, 3.8) is 0 Å². The van der Waals surface area contributed by atoms with Crippen LogP contribution in [0.15, 0.2) is 83.4 Å². The average molecular weight is 508 g/mol. The van der Waals surface area contributed by atoms with Crippen LogP contribution in [-0.4, -0.2) is 17.1 Å². The number of nitriles is 1. The summed E-state index contributed by atoms with van der Waals surface area (Å²) in [5.74, 6) is -0.817. The molecule has 5 nitrogen and oxygen atoms in total. The average Bonchev–Trinajstić information content (AvgIpc) is 3.14. The highest BCUT2D eigenvalue weighted by atomic mass is 35.5. The monoisotopic (exact) mass is 507 g/mol. The van der Waals surface area contributed by atoms with E-state index < -0.39 is 11.2 Å². The standard InChI is InChI=1S/C26H19Cl2N3O2S/c1-16-7-10-19(11-8-16)30-24(32)21(15-29)26-31(20-5-3-2-4-6-20)25(33)23(34-26)14-17-13-18(27)9-12-22(17)28/h2-13,23H,14H2,1H3,(H,30,32)/b26-21-. The molecule has 1 aliphatic rings. The van der Waals surface area contributed by atoms with Crippen LogP contribution in [0.1, 0.15) is 11.1 Å². The summed E-state index contributed by atoms with van der Waals surface area (Å²) >= 11 is 13.6. The Morgan fingerprint density at radius 1 is 1.09 bits per heavy atom. The fraction of sp³-hybridized carbons (Fsp3) is 0.115. The largest absolute Gasteiger partial charge is 0.321 e. The second-order valence-corrected chi connectivity index (χ2v) is 9.70. The first-order chi connectivity index (χ1) is 16.4. The lowest BCUT2D eigenvalue weighted by atomic mass is 10.1. The number of rotatable bonds is 5. The second-order valence-electron chi connectivity index (χ2n) is 7.67. The van der Waals surface area contributed by atoms with Crippen molar-refractivity contribution < 1.29 is 9.59 Å². The number of aryl methyl sites for hydroxylation is 1. The molecule has 8 heteroatoms. The Labute approximate surface area is 212 Å². The number of carbonyl (C=O) groups is 2. The zero-order chi connectivity index (χ0) is 24.2. The van der Waals surface area contributed by atoms with Gasteiger partial charge in [-0.15, -0.1) is 0 Å². The third kappa shape index (κ3) is 5.13. The molecular weight excluding hydrogens is 489 g/mol. The molecule has 1 saturated heterocycles. The summed E-state index contributed by atoms with van der Waals surface area (Å²) in [6.07, 6.45) is 0.300. The first-order valence-corrected chi connectivity index (χ1v) is 12.0. The fourth-order valence-electron chi connectivity index (χ4n) is 3.53. The van der Waals surface area contributed by atoms with Crippen LogP contribution in [0, 0.1) is 18.3 Å². The van der Waals surface area contributed by atoms with Crippen molar-refractivity contribution in [2.24, 2.45) is 0 Å². The van der Waals surface area contributed by atoms with Crippen LogP contribution in [0.3, 0.4) is 0 Å². The molecule has 0 radical (unpaired) electrons. The predicted molar refractivity (Wildman–Crippen MR) is 138 cm³/mol. The molecule has 1 N–H and O–H groups in total. The molecule has 0 spiro atoms. The van der Waals surface area contributed by atoms with Crippen LogP contribution >= 0.6 is 35.0 Å². The van der Waals surface area contributed by atoms with Gasteiger partial charge in [-0.3, -0.25) is 14.5 Å². The van der Waals surface area contributed by atoms with Gasteiger partial charge in [-0.05, 0) is 61.4 Å². The van der Waals surface area contributed by atoms with Crippen LogP contribution in [0.5, 0.6) is 0 Å². The zero-order valence-electron chi connectivity index (χ0n) is 18.1. The molecule has 0 saturated carbocycles. The van der Waals surface area contributed by atoms with Crippen molar-refractivity contribution >= 4 is 58.2 Å². The highest BCUT2D eigenvalue weighted by Gasteiger charge is 2.41. The molecule has 1 fully saturated rings. The number of para-hydroxylation sites is 1. The van der Waals surface area contributed by atoms with E-state index in [0.717, 1.165) is 11.1 Å². The van der Waals surface area contributed by atoms with Gasteiger partial charge in [0.05, 0.1) is 5.25 Å². The van der Waals surface area contributed by atoms with Crippen molar-refractivity contribution in [1.29, 1.82) is 5.26 Å². The fourth-order valence-corrected chi connectivity index (χ4v) is 5.21. The molecule has 1 aliphatic heterocycles. The van der Waals surface area contributed by atoms with Crippen LogP contribution in [0.4, 0.5) is 11.4 Å². The minimum Gasteiger partial charge on any atom is -0.321 e. The Hall–Kier alpha value is -3.24. The number of nitrogens with one attached hydrogen (secondary N) is 1. The number of thioether (sulfide) groups is 1. The number of hydrogen-bond acceptors (Lipinski definition) is 4. The topological polar surface area (TPSA) is 73.2 Å². The molecule has 3 aromatic rings. The quantitative estimate of drug-likeness (QED) is 0.321. The summed E-state index contributed by atoms with van der Waals surface area (Å²) in [7, 11) is 0. The molecule has 0 aliphatic carbocycles. The van der Waals surface area contributed by atoms with Gasteiger partial charge < -0.3 is 5.32 Å². The Morgan fingerprint density at radius 2 is 1.79 bits per heavy atom. The van der Waals surface area contributed by atoms with E-state index in [-0.39, 0.29) is 16.5 Å². The Kier molecular flexibility index (Phi) is 7.28. The third-order valence-corrected chi connectivity index (χ3v) is 7.11. The number of amides is 2. The highest BCUT2D eigenvalue weighted by Crippen LogP contribution is 2.42. The van der Waals surface area contributed by atoms with Gasteiger partial charge >= 0.3 is 0 Å². The van der Waals surface area contributed by atoms with Crippen LogP contribution < -0.4 is 10.2 Å². The molecule has 170 valence electrons. The van der Waals surface area contributed by atoms with E-state index in [9.17, 15) is 14.9 Å². The smallest absolute Gasteiger partial charge is 0.269 e. The van der Waals surface area contributed by atoms with Gasteiger partial charge in [0.25, 0.3) is 5.91 Å². The third-order valence-electron chi connectivity index (χ3n) is 5.24. The van der Waals surface area contributed by atoms with Crippen LogP contribution in [-0.2, 0) is 16.0 Å². The van der Waals surface area contributed by atoms with Crippen LogP contribution in [0.2, 0.25) is 10.0 Å². The maximum absolute atomic E-state index is 13.5. The maximum atomic E-state index is 13.5. The molecular formula is C26H19Cl2N3O2S. The lowest BCUT2D eigenvalue weighted by Gasteiger charge is -2.18. The molecule has 3 aromatic carbocycles. The molecule has 0 aromatic heterocycles. The molecule has 34 heavy (non-hydrogen) atoms. The highest BCUT2D eigenvalue weighted by molar-refractivity contribution is 8.05. The Balaban J connectivity index is 1.72. The van der Waals surface area contributed by atoms with Crippen LogP contribution in [0.25, 0.3) is 0 Å². The Morgan fingerprint density at radius 3 is 2.47 bits per heavy atom. The summed E-state index contributed by atoms with van der Waals surface area (Å²) in [4.78, 5) is 28.0. The first kappa shape index (κ1) is 23.9. The van der Waals surface area contributed by atoms with Crippen molar-refractivity contribution in [3.05, 3.63) is 105 Å². The van der Waals surface area contributed by atoms with E-state index in [0.29, 0.717) is 27.8 Å². The molecule has 4 rings (SSSR count). The SMILES string of the molecule is Cc1ccc(NC(=O)/C(C#N)=C2\SC(Cc3cc(Cl)ccc3Cl)C(=O)N2c2ccccc2)cc1. The number of benzene rings is 3. The molecule has 1 atom stereocenters. The summed E-state index contributed by atoms with van der Waals surface area (Å²) < 4.78 is 0. The van der Waals surface area contributed by atoms with E-state index in [4.69, 9.17) is 23.2 Å². The minimum atomic E-state index is -0.582. The lowest BCUT2D eigenvalue weighted by Crippen LogP contribution is -2.30. The molecule has 1 unspecified atom stereocenters. The van der Waals surface area contributed by atoms with E-state index >= 15 is 0 Å². The number of halogens is 2. The zero-order valence-corrected chi connectivity index (χ0v) is 20.4. The molecule has 1 heterocycles. The van der Waals surface area contributed by atoms with Crippen molar-refractivity contribution in [2.75, 3.05) is 10.2 Å². The van der Waals surface area contributed by atoms with Gasteiger partial charge in [-0.1, -0.05) is 70.9 Å².